The predicted octanol–water partition coefficient (Wildman–Crippen LogP) is 1.16. The van der Waals surface area contributed by atoms with Crippen LogP contribution in [0.3, 0.4) is 0 Å². The third-order valence-corrected chi connectivity index (χ3v) is 1.85. The Kier molecular flexibility index (Phi) is 2.14. The van der Waals surface area contributed by atoms with Crippen LogP contribution >= 0.6 is 0 Å². The number of hydrogen-bond acceptors (Lipinski definition) is 4. The highest BCUT2D eigenvalue weighted by Crippen LogP contribution is 2.10. The molecule has 2 aromatic rings. The van der Waals surface area contributed by atoms with Crippen molar-refractivity contribution >= 4 is 11.7 Å². The Morgan fingerprint density at radius 3 is 2.93 bits per heavy atom. The topological polar surface area (TPSA) is 77.8 Å². The lowest BCUT2D eigenvalue weighted by Gasteiger charge is -1.90. The summed E-state index contributed by atoms with van der Waals surface area (Å²) in [6.07, 6.45) is 6.41. The Morgan fingerprint density at radius 1 is 1.40 bits per heavy atom. The molecule has 2 rings (SSSR count). The van der Waals surface area contributed by atoms with Crippen LogP contribution in [0, 0.1) is 22.7 Å². The molecule has 0 unspecified atom stereocenters. The lowest BCUT2D eigenvalue weighted by atomic mass is 10.2. The van der Waals surface area contributed by atoms with Crippen molar-refractivity contribution in [3.05, 3.63) is 35.8 Å². The van der Waals surface area contributed by atoms with Crippen molar-refractivity contribution in [3.8, 4) is 12.1 Å². The van der Waals surface area contributed by atoms with E-state index in [4.69, 9.17) is 10.5 Å². The fraction of sp³-hybridized carbons (Fsp3) is 0. The van der Waals surface area contributed by atoms with Gasteiger partial charge in [-0.25, -0.2) is 9.50 Å². The highest BCUT2D eigenvalue weighted by Gasteiger charge is 2.02. The van der Waals surface area contributed by atoms with E-state index in [2.05, 4.69) is 10.1 Å². The number of aromatic nitrogens is 3. The zero-order valence-electron chi connectivity index (χ0n) is 7.62. The molecule has 0 amide bonds. The summed E-state index contributed by atoms with van der Waals surface area (Å²) >= 11 is 0. The van der Waals surface area contributed by atoms with Gasteiger partial charge in [-0.15, -0.1) is 0 Å². The van der Waals surface area contributed by atoms with Crippen molar-refractivity contribution in [2.45, 2.75) is 0 Å². The molecule has 0 saturated carbocycles. The van der Waals surface area contributed by atoms with E-state index in [1.54, 1.807) is 41.3 Å². The zero-order valence-corrected chi connectivity index (χ0v) is 7.62. The summed E-state index contributed by atoms with van der Waals surface area (Å²) in [4.78, 5) is 4.10. The Hall–Kier alpha value is -2.66. The molecule has 15 heavy (non-hydrogen) atoms. The van der Waals surface area contributed by atoms with E-state index in [-0.39, 0.29) is 5.57 Å². The van der Waals surface area contributed by atoms with Gasteiger partial charge in [0.15, 0.2) is 5.65 Å². The molecule has 0 spiro atoms. The lowest BCUT2D eigenvalue weighted by molar-refractivity contribution is 0.939. The quantitative estimate of drug-likeness (QED) is 0.639. The number of nitriles is 2. The van der Waals surface area contributed by atoms with Crippen LogP contribution in [0.15, 0.2) is 30.2 Å². The van der Waals surface area contributed by atoms with E-state index < -0.39 is 0 Å². The van der Waals surface area contributed by atoms with Crippen LogP contribution < -0.4 is 0 Å². The molecule has 0 atom stereocenters. The third-order valence-electron chi connectivity index (χ3n) is 1.85. The highest BCUT2D eigenvalue weighted by atomic mass is 15.2. The largest absolute Gasteiger partial charge is 0.236 e. The van der Waals surface area contributed by atoms with Gasteiger partial charge < -0.3 is 0 Å². The van der Waals surface area contributed by atoms with Gasteiger partial charge in [-0.3, -0.25) is 0 Å². The molecule has 2 heterocycles. The maximum Gasteiger partial charge on any atom is 0.162 e. The average molecular weight is 195 g/mol. The SMILES string of the molecule is N#CC(C#N)=Cc1cnn2cccnc12. The summed E-state index contributed by atoms with van der Waals surface area (Å²) in [5, 5.41) is 21.2. The summed E-state index contributed by atoms with van der Waals surface area (Å²) in [5.74, 6) is 0. The molecule has 5 nitrogen and oxygen atoms in total. The number of nitrogens with zero attached hydrogens (tertiary/aromatic N) is 5. The van der Waals surface area contributed by atoms with Crippen LogP contribution in [0.4, 0.5) is 0 Å². The van der Waals surface area contributed by atoms with E-state index in [0.717, 1.165) is 0 Å². The molecule has 70 valence electrons. The first kappa shape index (κ1) is 8.92. The summed E-state index contributed by atoms with van der Waals surface area (Å²) < 4.78 is 1.58. The molecule has 0 bridgehead atoms. The van der Waals surface area contributed by atoms with Gasteiger partial charge in [0, 0.05) is 18.0 Å². The molecule has 0 saturated heterocycles. The molecule has 0 fully saturated rings. The molecule has 0 N–H and O–H groups in total. The molecule has 2 aromatic heterocycles. The number of rotatable bonds is 1. The van der Waals surface area contributed by atoms with Crippen LogP contribution in [0.1, 0.15) is 5.56 Å². The Labute approximate surface area is 85.5 Å². The summed E-state index contributed by atoms with van der Waals surface area (Å²) in [6.45, 7) is 0. The van der Waals surface area contributed by atoms with Crippen LogP contribution in [0.2, 0.25) is 0 Å². The maximum absolute atomic E-state index is 8.61. The molecule has 0 aliphatic rings. The highest BCUT2D eigenvalue weighted by molar-refractivity contribution is 5.70. The fourth-order valence-corrected chi connectivity index (χ4v) is 1.19. The van der Waals surface area contributed by atoms with Crippen molar-refractivity contribution in [2.75, 3.05) is 0 Å². The van der Waals surface area contributed by atoms with E-state index in [0.29, 0.717) is 11.2 Å². The second-order valence-corrected chi connectivity index (χ2v) is 2.77. The van der Waals surface area contributed by atoms with E-state index in [1.165, 1.54) is 6.08 Å². The van der Waals surface area contributed by atoms with Crippen molar-refractivity contribution in [3.63, 3.8) is 0 Å². The van der Waals surface area contributed by atoms with Gasteiger partial charge in [-0.1, -0.05) is 0 Å². The summed E-state index contributed by atoms with van der Waals surface area (Å²) in [7, 11) is 0. The van der Waals surface area contributed by atoms with Gasteiger partial charge in [0.05, 0.1) is 6.20 Å². The number of hydrogen-bond donors (Lipinski definition) is 0. The summed E-state index contributed by atoms with van der Waals surface area (Å²) in [6, 6.07) is 5.33. The van der Waals surface area contributed by atoms with Gasteiger partial charge >= 0.3 is 0 Å². The molecular formula is C10H5N5. The van der Waals surface area contributed by atoms with Crippen LogP contribution in [0.5, 0.6) is 0 Å². The van der Waals surface area contributed by atoms with Gasteiger partial charge in [0.2, 0.25) is 0 Å². The molecule has 5 heteroatoms. The molecular weight excluding hydrogens is 190 g/mol. The maximum atomic E-state index is 8.61. The van der Waals surface area contributed by atoms with Gasteiger partial charge in [0.1, 0.15) is 17.7 Å². The smallest absolute Gasteiger partial charge is 0.162 e. The van der Waals surface area contributed by atoms with Crippen LogP contribution in [0.25, 0.3) is 11.7 Å². The predicted molar refractivity (Wildman–Crippen MR) is 52.2 cm³/mol. The molecule has 0 aromatic carbocycles. The fourth-order valence-electron chi connectivity index (χ4n) is 1.19. The number of fused-ring (bicyclic) bond motifs is 1. The molecule has 0 radical (unpaired) electrons. The van der Waals surface area contributed by atoms with Crippen molar-refractivity contribution in [1.29, 1.82) is 10.5 Å². The van der Waals surface area contributed by atoms with Gasteiger partial charge in [-0.05, 0) is 12.1 Å². The minimum absolute atomic E-state index is 0.0375. The average Bonchev–Trinajstić information content (AvgIpc) is 2.69. The minimum atomic E-state index is 0.0375. The van der Waals surface area contributed by atoms with E-state index in [1.807, 2.05) is 0 Å². The van der Waals surface area contributed by atoms with Crippen molar-refractivity contribution in [2.24, 2.45) is 0 Å². The zero-order chi connectivity index (χ0) is 10.7. The minimum Gasteiger partial charge on any atom is -0.236 e. The van der Waals surface area contributed by atoms with Gasteiger partial charge in [-0.2, -0.15) is 15.6 Å². The van der Waals surface area contributed by atoms with Crippen LogP contribution in [-0.2, 0) is 0 Å². The lowest BCUT2D eigenvalue weighted by Crippen LogP contribution is -1.87. The monoisotopic (exact) mass is 195 g/mol. The normalized spacial score (nSPS) is 9.20. The first-order valence-corrected chi connectivity index (χ1v) is 4.15. The van der Waals surface area contributed by atoms with Gasteiger partial charge in [0.25, 0.3) is 0 Å². The molecule has 0 aliphatic carbocycles. The van der Waals surface area contributed by atoms with Crippen LogP contribution in [-0.4, -0.2) is 14.6 Å². The Bertz CT molecular complexity index is 593. The number of allylic oxidation sites excluding steroid dienone is 1. The summed E-state index contributed by atoms with van der Waals surface area (Å²) in [5.41, 5.74) is 1.32. The van der Waals surface area contributed by atoms with E-state index >= 15 is 0 Å². The third kappa shape index (κ3) is 1.54. The van der Waals surface area contributed by atoms with E-state index in [9.17, 15) is 0 Å². The first-order valence-electron chi connectivity index (χ1n) is 4.15. The van der Waals surface area contributed by atoms with Crippen molar-refractivity contribution in [1.82, 2.24) is 14.6 Å². The Balaban J connectivity index is 2.61. The second kappa shape index (κ2) is 3.60. The van der Waals surface area contributed by atoms with Crippen molar-refractivity contribution < 1.29 is 0 Å². The first-order chi connectivity index (χ1) is 7.35. The Morgan fingerprint density at radius 2 is 2.20 bits per heavy atom. The standard InChI is InChI=1S/C10H5N5/c11-5-8(6-12)4-9-7-14-15-3-1-2-13-10(9)15/h1-4,7H. The second-order valence-electron chi connectivity index (χ2n) is 2.77. The molecule has 0 aliphatic heterocycles.